The second kappa shape index (κ2) is 7.29. The van der Waals surface area contributed by atoms with Gasteiger partial charge in [-0.3, -0.25) is 9.59 Å². The van der Waals surface area contributed by atoms with Crippen LogP contribution in [0.2, 0.25) is 0 Å². The molecule has 6 heteroatoms. The van der Waals surface area contributed by atoms with Crippen molar-refractivity contribution in [2.24, 2.45) is 0 Å². The van der Waals surface area contributed by atoms with E-state index in [2.05, 4.69) is 5.32 Å². The maximum absolute atomic E-state index is 12.6. The van der Waals surface area contributed by atoms with Gasteiger partial charge in [0.1, 0.15) is 0 Å². The number of nitrogens with one attached hydrogen (secondary N) is 1. The lowest BCUT2D eigenvalue weighted by atomic mass is 9.99. The molecule has 24 heavy (non-hydrogen) atoms. The van der Waals surface area contributed by atoms with Crippen molar-refractivity contribution in [2.45, 2.75) is 25.6 Å². The molecule has 0 aliphatic rings. The molecule has 0 bridgehead atoms. The lowest BCUT2D eigenvalue weighted by Gasteiger charge is -2.18. The third-order valence-electron chi connectivity index (χ3n) is 3.53. The molecule has 0 fully saturated rings. The van der Waals surface area contributed by atoms with Crippen LogP contribution in [-0.4, -0.2) is 24.3 Å². The summed E-state index contributed by atoms with van der Waals surface area (Å²) in [6.45, 7) is 1.55. The van der Waals surface area contributed by atoms with Gasteiger partial charge in [0.2, 0.25) is 0 Å². The number of para-hydroxylation sites is 1. The van der Waals surface area contributed by atoms with Gasteiger partial charge >= 0.3 is 6.18 Å². The first-order valence-corrected chi connectivity index (χ1v) is 7.31. The predicted molar refractivity (Wildman–Crippen MR) is 85.4 cm³/mol. The van der Waals surface area contributed by atoms with E-state index < -0.39 is 18.6 Å². The van der Waals surface area contributed by atoms with Crippen molar-refractivity contribution in [3.63, 3.8) is 0 Å². The number of hydrogen-bond acceptors (Lipinski definition) is 3. The number of benzene rings is 2. The fourth-order valence-corrected chi connectivity index (χ4v) is 2.39. The minimum atomic E-state index is -4.34. The van der Waals surface area contributed by atoms with Crippen molar-refractivity contribution < 1.29 is 22.8 Å². The summed E-state index contributed by atoms with van der Waals surface area (Å²) in [5.41, 5.74) is 0.799. The standard InChI is InChI=1S/C18H16F3NO2/c1-12(17(24)15-8-4-2-7-14(15)11-23)22-16-9-5-3-6-13(16)10-18(19,20)21/h2-9,11-12,22H,10H2,1H3. The zero-order chi connectivity index (χ0) is 17.7. The molecule has 1 unspecified atom stereocenters. The molecule has 0 radical (unpaired) electrons. The maximum Gasteiger partial charge on any atom is 0.393 e. The predicted octanol–water partition coefficient (Wildman–Crippen LogP) is 4.29. The van der Waals surface area contributed by atoms with Crippen LogP contribution in [0.1, 0.15) is 33.2 Å². The molecule has 0 heterocycles. The molecular formula is C18H16F3NO2. The Labute approximate surface area is 137 Å². The van der Waals surface area contributed by atoms with Gasteiger partial charge in [0.25, 0.3) is 0 Å². The van der Waals surface area contributed by atoms with Gasteiger partial charge in [-0.25, -0.2) is 0 Å². The Morgan fingerprint density at radius 1 is 1.12 bits per heavy atom. The summed E-state index contributed by atoms with van der Waals surface area (Å²) < 4.78 is 37.9. The Bertz CT molecular complexity index is 741. The second-order valence-corrected chi connectivity index (χ2v) is 5.38. The molecule has 0 amide bonds. The first kappa shape index (κ1) is 17.7. The van der Waals surface area contributed by atoms with Gasteiger partial charge in [0.15, 0.2) is 12.1 Å². The molecule has 3 nitrogen and oxygen atoms in total. The van der Waals surface area contributed by atoms with E-state index in [1.807, 2.05) is 0 Å². The fourth-order valence-electron chi connectivity index (χ4n) is 2.39. The van der Waals surface area contributed by atoms with E-state index in [1.54, 1.807) is 25.1 Å². The molecule has 1 atom stereocenters. The smallest absolute Gasteiger partial charge is 0.375 e. The lowest BCUT2D eigenvalue weighted by Crippen LogP contribution is -2.28. The average molecular weight is 335 g/mol. The van der Waals surface area contributed by atoms with Gasteiger partial charge in [-0.05, 0) is 18.6 Å². The summed E-state index contributed by atoms with van der Waals surface area (Å²) in [6, 6.07) is 11.5. The molecule has 2 rings (SSSR count). The van der Waals surface area contributed by atoms with E-state index in [4.69, 9.17) is 0 Å². The monoisotopic (exact) mass is 335 g/mol. The molecule has 1 N–H and O–H groups in total. The van der Waals surface area contributed by atoms with Gasteiger partial charge in [-0.15, -0.1) is 0 Å². The first-order valence-electron chi connectivity index (χ1n) is 7.31. The number of rotatable bonds is 6. The number of carbonyl (C=O) groups excluding carboxylic acids is 2. The highest BCUT2D eigenvalue weighted by Crippen LogP contribution is 2.26. The normalized spacial score (nSPS) is 12.5. The van der Waals surface area contributed by atoms with Crippen LogP contribution in [0.3, 0.4) is 0 Å². The summed E-state index contributed by atoms with van der Waals surface area (Å²) in [5, 5.41) is 2.82. The van der Waals surface area contributed by atoms with Gasteiger partial charge in [0, 0.05) is 16.8 Å². The molecule has 0 aliphatic carbocycles. The fraction of sp³-hybridized carbons (Fsp3) is 0.222. The number of halogens is 3. The summed E-state index contributed by atoms with van der Waals surface area (Å²) in [5.74, 6) is -0.362. The van der Waals surface area contributed by atoms with Gasteiger partial charge in [-0.2, -0.15) is 13.2 Å². The topological polar surface area (TPSA) is 46.2 Å². The Balaban J connectivity index is 2.22. The Hall–Kier alpha value is -2.63. The largest absolute Gasteiger partial charge is 0.393 e. The summed E-state index contributed by atoms with van der Waals surface area (Å²) >= 11 is 0. The van der Waals surface area contributed by atoms with Crippen LogP contribution in [0.5, 0.6) is 0 Å². The zero-order valence-electron chi connectivity index (χ0n) is 12.9. The average Bonchev–Trinajstić information content (AvgIpc) is 2.54. The van der Waals surface area contributed by atoms with Crippen molar-refractivity contribution in [3.8, 4) is 0 Å². The van der Waals surface area contributed by atoms with Crippen LogP contribution in [0.15, 0.2) is 48.5 Å². The number of ketones is 1. The minimum absolute atomic E-state index is 0.0633. The van der Waals surface area contributed by atoms with E-state index in [0.29, 0.717) is 6.29 Å². The first-order chi connectivity index (χ1) is 11.3. The second-order valence-electron chi connectivity index (χ2n) is 5.38. The number of Topliss-reactive ketones (excluding diaryl/α,β-unsaturated/α-hetero) is 1. The van der Waals surface area contributed by atoms with Crippen LogP contribution < -0.4 is 5.32 Å². The molecule has 0 aliphatic heterocycles. The highest BCUT2D eigenvalue weighted by Gasteiger charge is 2.29. The van der Waals surface area contributed by atoms with Crippen LogP contribution in [0.4, 0.5) is 18.9 Å². The van der Waals surface area contributed by atoms with E-state index in [-0.39, 0.29) is 28.2 Å². The lowest BCUT2D eigenvalue weighted by molar-refractivity contribution is -0.127. The molecule has 0 saturated heterocycles. The van der Waals surface area contributed by atoms with Crippen molar-refractivity contribution >= 4 is 17.8 Å². The van der Waals surface area contributed by atoms with Crippen molar-refractivity contribution in [3.05, 3.63) is 65.2 Å². The minimum Gasteiger partial charge on any atom is -0.375 e. The van der Waals surface area contributed by atoms with Crippen molar-refractivity contribution in [1.29, 1.82) is 0 Å². The van der Waals surface area contributed by atoms with E-state index in [1.165, 1.54) is 30.3 Å². The van der Waals surface area contributed by atoms with Gasteiger partial charge in [0.05, 0.1) is 12.5 Å². The molecule has 0 spiro atoms. The van der Waals surface area contributed by atoms with Gasteiger partial charge in [-0.1, -0.05) is 42.5 Å². The third kappa shape index (κ3) is 4.44. The van der Waals surface area contributed by atoms with Gasteiger partial charge < -0.3 is 5.32 Å². The van der Waals surface area contributed by atoms with E-state index >= 15 is 0 Å². The molecule has 2 aromatic rings. The van der Waals surface area contributed by atoms with Crippen LogP contribution in [-0.2, 0) is 6.42 Å². The van der Waals surface area contributed by atoms with Crippen molar-refractivity contribution in [1.82, 2.24) is 0 Å². The number of alkyl halides is 3. The third-order valence-corrected chi connectivity index (χ3v) is 3.53. The number of carbonyl (C=O) groups is 2. The van der Waals surface area contributed by atoms with E-state index in [0.717, 1.165) is 0 Å². The zero-order valence-corrected chi connectivity index (χ0v) is 12.9. The summed E-state index contributed by atoms with van der Waals surface area (Å²) in [7, 11) is 0. The highest BCUT2D eigenvalue weighted by atomic mass is 19.4. The Morgan fingerprint density at radius 2 is 1.75 bits per heavy atom. The number of hydrogen-bond donors (Lipinski definition) is 1. The van der Waals surface area contributed by atoms with Crippen LogP contribution in [0, 0.1) is 0 Å². The highest BCUT2D eigenvalue weighted by molar-refractivity contribution is 6.06. The van der Waals surface area contributed by atoms with Crippen molar-refractivity contribution in [2.75, 3.05) is 5.32 Å². The molecular weight excluding hydrogens is 319 g/mol. The summed E-state index contributed by atoms with van der Waals surface area (Å²) in [4.78, 5) is 23.5. The molecule has 0 aromatic heterocycles. The molecule has 2 aromatic carbocycles. The maximum atomic E-state index is 12.6. The Morgan fingerprint density at radius 3 is 2.42 bits per heavy atom. The number of aldehydes is 1. The quantitative estimate of drug-likeness (QED) is 0.633. The Kier molecular flexibility index (Phi) is 5.39. The molecule has 126 valence electrons. The SMILES string of the molecule is CC(Nc1ccccc1CC(F)(F)F)C(=O)c1ccccc1C=O. The van der Waals surface area contributed by atoms with E-state index in [9.17, 15) is 22.8 Å². The number of anilines is 1. The van der Waals surface area contributed by atoms with Crippen LogP contribution in [0.25, 0.3) is 0 Å². The van der Waals surface area contributed by atoms with Crippen LogP contribution >= 0.6 is 0 Å². The summed E-state index contributed by atoms with van der Waals surface area (Å²) in [6.07, 6.45) is -4.84. The molecule has 0 saturated carbocycles.